The Morgan fingerprint density at radius 2 is 2.23 bits per heavy atom. The molecule has 0 radical (unpaired) electrons. The van der Waals surface area contributed by atoms with Crippen molar-refractivity contribution in [3.63, 3.8) is 0 Å². The van der Waals surface area contributed by atoms with Crippen LogP contribution in [0.15, 0.2) is 24.3 Å². The Morgan fingerprint density at radius 1 is 1.41 bits per heavy atom. The minimum absolute atomic E-state index is 0.206. The van der Waals surface area contributed by atoms with Crippen LogP contribution in [0.25, 0.3) is 0 Å². The number of amides is 1. The Kier molecular flexibility index (Phi) is 6.31. The molecule has 1 fully saturated rings. The highest BCUT2D eigenvalue weighted by atomic mass is 32.2. The van der Waals surface area contributed by atoms with E-state index >= 15 is 0 Å². The lowest BCUT2D eigenvalue weighted by molar-refractivity contribution is -0.129. The number of carbonyl (C=O) groups excluding carboxylic acids is 1. The van der Waals surface area contributed by atoms with Crippen molar-refractivity contribution in [2.45, 2.75) is 32.1 Å². The van der Waals surface area contributed by atoms with Crippen LogP contribution in [0.1, 0.15) is 48.0 Å². The highest BCUT2D eigenvalue weighted by Gasteiger charge is 2.24. The van der Waals surface area contributed by atoms with Crippen molar-refractivity contribution < 1.29 is 14.7 Å². The van der Waals surface area contributed by atoms with Crippen LogP contribution < -0.4 is 0 Å². The number of aromatic carboxylic acids is 1. The minimum atomic E-state index is -0.901. The predicted molar refractivity (Wildman–Crippen MR) is 89.6 cm³/mol. The maximum Gasteiger partial charge on any atom is 0.335 e. The van der Waals surface area contributed by atoms with E-state index in [-0.39, 0.29) is 11.8 Å². The van der Waals surface area contributed by atoms with Gasteiger partial charge in [-0.15, -0.1) is 0 Å². The zero-order valence-electron chi connectivity index (χ0n) is 13.0. The number of nitrogens with zero attached hydrogens (tertiary/aromatic N) is 1. The number of benzene rings is 1. The van der Waals surface area contributed by atoms with Gasteiger partial charge in [0.1, 0.15) is 0 Å². The normalized spacial score (nSPS) is 18.2. The zero-order chi connectivity index (χ0) is 15.9. The van der Waals surface area contributed by atoms with Gasteiger partial charge in [0, 0.05) is 19.0 Å². The molecule has 0 unspecified atom stereocenters. The van der Waals surface area contributed by atoms with Crippen LogP contribution in [0.5, 0.6) is 0 Å². The Morgan fingerprint density at radius 3 is 2.95 bits per heavy atom. The highest BCUT2D eigenvalue weighted by molar-refractivity contribution is 7.99. The zero-order valence-corrected chi connectivity index (χ0v) is 13.8. The maximum absolute atomic E-state index is 12.2. The summed E-state index contributed by atoms with van der Waals surface area (Å²) in [6.07, 6.45) is 3.07. The number of rotatable bonds is 6. The van der Waals surface area contributed by atoms with E-state index in [2.05, 4.69) is 6.92 Å². The predicted octanol–water partition coefficient (Wildman–Crippen LogP) is 3.23. The molecule has 1 amide bonds. The summed E-state index contributed by atoms with van der Waals surface area (Å²) in [7, 11) is 0. The molecular formula is C17H23NO3S. The minimum Gasteiger partial charge on any atom is -0.478 e. The molecule has 2 rings (SSSR count). The molecule has 1 aromatic carbocycles. The Balaban J connectivity index is 1.99. The van der Waals surface area contributed by atoms with Gasteiger partial charge in [0.25, 0.3) is 0 Å². The molecule has 0 bridgehead atoms. The van der Waals surface area contributed by atoms with E-state index < -0.39 is 5.97 Å². The molecule has 1 saturated heterocycles. The summed E-state index contributed by atoms with van der Waals surface area (Å²) in [5.74, 6) is 1.12. The third kappa shape index (κ3) is 4.50. The van der Waals surface area contributed by atoms with Gasteiger partial charge >= 0.3 is 5.97 Å². The molecule has 22 heavy (non-hydrogen) atoms. The monoisotopic (exact) mass is 321 g/mol. The quantitative estimate of drug-likeness (QED) is 0.817. The van der Waals surface area contributed by atoms with Crippen molar-refractivity contribution in [2.24, 2.45) is 0 Å². The molecule has 1 aromatic rings. The van der Waals surface area contributed by atoms with Crippen molar-refractivity contribution >= 4 is 23.6 Å². The maximum atomic E-state index is 12.2. The summed E-state index contributed by atoms with van der Waals surface area (Å²) in [6.45, 7) is 3.64. The fraction of sp³-hybridized carbons (Fsp3) is 0.529. The van der Waals surface area contributed by atoms with Gasteiger partial charge < -0.3 is 10.0 Å². The lowest BCUT2D eigenvalue weighted by Crippen LogP contribution is -2.40. The van der Waals surface area contributed by atoms with Crippen molar-refractivity contribution in [1.82, 2.24) is 4.90 Å². The average molecular weight is 321 g/mol. The first-order chi connectivity index (χ1) is 10.6. The molecule has 1 heterocycles. The van der Waals surface area contributed by atoms with Gasteiger partial charge in [0.2, 0.25) is 5.91 Å². The van der Waals surface area contributed by atoms with Gasteiger partial charge in [0.05, 0.1) is 11.3 Å². The molecule has 0 aliphatic carbocycles. The van der Waals surface area contributed by atoms with E-state index in [1.54, 1.807) is 30.0 Å². The number of carboxylic acid groups (broad SMARTS) is 1. The van der Waals surface area contributed by atoms with Gasteiger partial charge in [-0.1, -0.05) is 19.1 Å². The second kappa shape index (κ2) is 8.22. The van der Waals surface area contributed by atoms with Gasteiger partial charge in [-0.05, 0) is 42.7 Å². The van der Waals surface area contributed by atoms with Crippen LogP contribution >= 0.6 is 11.8 Å². The molecule has 1 aliphatic rings. The Labute approximate surface area is 135 Å². The van der Waals surface area contributed by atoms with Crippen LogP contribution in [-0.2, 0) is 4.79 Å². The Bertz CT molecular complexity index is 532. The number of thioether (sulfide) groups is 1. The van der Waals surface area contributed by atoms with E-state index in [1.807, 2.05) is 11.0 Å². The molecule has 4 nitrogen and oxygen atoms in total. The lowest BCUT2D eigenvalue weighted by Gasteiger charge is -2.33. The number of hydrogen-bond acceptors (Lipinski definition) is 3. The van der Waals surface area contributed by atoms with E-state index in [0.29, 0.717) is 17.9 Å². The van der Waals surface area contributed by atoms with Crippen molar-refractivity contribution in [2.75, 3.05) is 24.6 Å². The molecule has 5 heteroatoms. The summed E-state index contributed by atoms with van der Waals surface area (Å²) < 4.78 is 0. The summed E-state index contributed by atoms with van der Waals surface area (Å²) >= 11 is 1.69. The summed E-state index contributed by atoms with van der Waals surface area (Å²) in [6, 6.07) is 7.11. The molecule has 120 valence electrons. The molecule has 1 N–H and O–H groups in total. The van der Waals surface area contributed by atoms with Crippen molar-refractivity contribution in [3.8, 4) is 0 Å². The smallest absolute Gasteiger partial charge is 0.335 e. The second-order valence-corrected chi connectivity index (χ2v) is 6.77. The van der Waals surface area contributed by atoms with Gasteiger partial charge in [-0.25, -0.2) is 4.79 Å². The van der Waals surface area contributed by atoms with Gasteiger partial charge in [-0.2, -0.15) is 11.8 Å². The fourth-order valence-corrected chi connectivity index (χ4v) is 3.59. The molecule has 0 aromatic heterocycles. The van der Waals surface area contributed by atoms with E-state index in [0.717, 1.165) is 37.1 Å². The number of carbonyl (C=O) groups is 2. The topological polar surface area (TPSA) is 57.6 Å². The number of carboxylic acids is 1. The SMILES string of the molecule is CCCSCC(=O)N1CCC[C@H](c2cccc(C(=O)O)c2)C1. The highest BCUT2D eigenvalue weighted by Crippen LogP contribution is 2.28. The van der Waals surface area contributed by atoms with Crippen molar-refractivity contribution in [1.29, 1.82) is 0 Å². The fourth-order valence-electron chi connectivity index (χ4n) is 2.80. The summed E-state index contributed by atoms with van der Waals surface area (Å²) in [5, 5.41) is 9.10. The van der Waals surface area contributed by atoms with Crippen LogP contribution in [-0.4, -0.2) is 46.5 Å². The first-order valence-corrected chi connectivity index (χ1v) is 8.96. The van der Waals surface area contributed by atoms with Crippen molar-refractivity contribution in [3.05, 3.63) is 35.4 Å². The summed E-state index contributed by atoms with van der Waals surface area (Å²) in [4.78, 5) is 25.3. The van der Waals surface area contributed by atoms with E-state index in [1.165, 1.54) is 0 Å². The van der Waals surface area contributed by atoms with Crippen LogP contribution in [0, 0.1) is 0 Å². The van der Waals surface area contributed by atoms with Gasteiger partial charge in [-0.3, -0.25) is 4.79 Å². The van der Waals surface area contributed by atoms with Crippen LogP contribution in [0.2, 0.25) is 0 Å². The number of piperidine rings is 1. The third-order valence-corrected chi connectivity index (χ3v) is 5.10. The standard InChI is InChI=1S/C17H23NO3S/c1-2-9-22-12-16(19)18-8-4-7-15(11-18)13-5-3-6-14(10-13)17(20)21/h3,5-6,10,15H,2,4,7-9,11-12H2,1H3,(H,20,21)/t15-/m0/s1. The first-order valence-electron chi connectivity index (χ1n) is 7.80. The average Bonchev–Trinajstić information content (AvgIpc) is 2.55. The third-order valence-electron chi connectivity index (χ3n) is 3.95. The molecule has 0 spiro atoms. The van der Waals surface area contributed by atoms with Gasteiger partial charge in [0.15, 0.2) is 0 Å². The van der Waals surface area contributed by atoms with E-state index in [4.69, 9.17) is 5.11 Å². The molecule has 1 atom stereocenters. The number of likely N-dealkylation sites (tertiary alicyclic amines) is 1. The summed E-state index contributed by atoms with van der Waals surface area (Å²) in [5.41, 5.74) is 1.35. The number of hydrogen-bond donors (Lipinski definition) is 1. The largest absolute Gasteiger partial charge is 0.478 e. The molecule has 1 aliphatic heterocycles. The molecule has 0 saturated carbocycles. The second-order valence-electron chi connectivity index (χ2n) is 5.66. The lowest BCUT2D eigenvalue weighted by atomic mass is 9.89. The van der Waals surface area contributed by atoms with E-state index in [9.17, 15) is 9.59 Å². The van der Waals surface area contributed by atoms with Crippen LogP contribution in [0.3, 0.4) is 0 Å². The molecular weight excluding hydrogens is 298 g/mol. The van der Waals surface area contributed by atoms with Crippen LogP contribution in [0.4, 0.5) is 0 Å². The first kappa shape index (κ1) is 16.9. The Hall–Kier alpha value is -1.49.